The van der Waals surface area contributed by atoms with E-state index in [4.69, 9.17) is 4.74 Å². The van der Waals surface area contributed by atoms with Gasteiger partial charge in [-0.05, 0) is 25.5 Å². The maximum atomic E-state index is 5.87. The Hall–Kier alpha value is -1.09. The largest absolute Gasteiger partial charge is 0.493 e. The zero-order valence-electron chi connectivity index (χ0n) is 12.5. The number of unbranched alkanes of at least 4 members (excludes halogenated alkanes) is 4. The van der Waals surface area contributed by atoms with Crippen LogP contribution in [0.2, 0.25) is 0 Å². The van der Waals surface area contributed by atoms with E-state index in [-0.39, 0.29) is 0 Å². The third kappa shape index (κ3) is 7.16. The lowest BCUT2D eigenvalue weighted by Crippen LogP contribution is -2.15. The number of pyridine rings is 1. The lowest BCUT2D eigenvalue weighted by molar-refractivity contribution is 0.300. The highest BCUT2D eigenvalue weighted by Gasteiger charge is 2.02. The van der Waals surface area contributed by atoms with Crippen molar-refractivity contribution in [2.75, 3.05) is 13.2 Å². The van der Waals surface area contributed by atoms with Crippen LogP contribution in [0.3, 0.4) is 0 Å². The number of ether oxygens (including phenoxy) is 1. The van der Waals surface area contributed by atoms with Crippen molar-refractivity contribution >= 4 is 0 Å². The third-order valence-corrected chi connectivity index (χ3v) is 3.11. The van der Waals surface area contributed by atoms with Crippen LogP contribution in [0.4, 0.5) is 0 Å². The monoisotopic (exact) mass is 264 g/mol. The van der Waals surface area contributed by atoms with Gasteiger partial charge in [-0.15, -0.1) is 0 Å². The van der Waals surface area contributed by atoms with Crippen LogP contribution in [0.5, 0.6) is 5.75 Å². The van der Waals surface area contributed by atoms with E-state index in [1.165, 1.54) is 25.7 Å². The second-order valence-electron chi connectivity index (χ2n) is 4.92. The summed E-state index contributed by atoms with van der Waals surface area (Å²) in [7, 11) is 0. The summed E-state index contributed by atoms with van der Waals surface area (Å²) in [6.45, 7) is 7.10. The molecule has 108 valence electrons. The molecule has 0 atom stereocenters. The van der Waals surface area contributed by atoms with Gasteiger partial charge in [0.25, 0.3) is 0 Å². The van der Waals surface area contributed by atoms with Crippen molar-refractivity contribution in [1.82, 2.24) is 10.3 Å². The van der Waals surface area contributed by atoms with Crippen LogP contribution in [0.25, 0.3) is 0 Å². The molecule has 0 saturated carbocycles. The minimum absolute atomic E-state index is 0.814. The molecule has 1 rings (SSSR count). The Morgan fingerprint density at radius 2 is 1.95 bits per heavy atom. The Morgan fingerprint density at radius 3 is 2.74 bits per heavy atom. The molecule has 0 aliphatic rings. The van der Waals surface area contributed by atoms with E-state index >= 15 is 0 Å². The first-order valence-electron chi connectivity index (χ1n) is 7.64. The van der Waals surface area contributed by atoms with Crippen LogP contribution >= 0.6 is 0 Å². The Labute approximate surface area is 117 Å². The number of aromatic nitrogens is 1. The van der Waals surface area contributed by atoms with E-state index in [1.54, 1.807) is 6.20 Å². The molecule has 0 saturated heterocycles. The number of rotatable bonds is 11. The van der Waals surface area contributed by atoms with Gasteiger partial charge in [0, 0.05) is 24.5 Å². The minimum Gasteiger partial charge on any atom is -0.493 e. The predicted octanol–water partition coefficient (Wildman–Crippen LogP) is 3.93. The van der Waals surface area contributed by atoms with Gasteiger partial charge in [-0.1, -0.05) is 39.5 Å². The van der Waals surface area contributed by atoms with Gasteiger partial charge in [0.05, 0.1) is 6.61 Å². The Morgan fingerprint density at radius 1 is 1.11 bits per heavy atom. The standard InChI is InChI=1S/C16H28N2O/c1-3-5-6-7-8-12-19-16-9-11-18-14-15(16)13-17-10-4-2/h9,11,14,17H,3-8,10,12-13H2,1-2H3. The van der Waals surface area contributed by atoms with E-state index in [1.807, 2.05) is 12.3 Å². The van der Waals surface area contributed by atoms with Crippen molar-refractivity contribution < 1.29 is 4.74 Å². The molecule has 0 aliphatic heterocycles. The topological polar surface area (TPSA) is 34.1 Å². The Bertz CT molecular complexity index is 328. The van der Waals surface area contributed by atoms with Crippen LogP contribution in [0.15, 0.2) is 18.5 Å². The lowest BCUT2D eigenvalue weighted by atomic mass is 10.2. The summed E-state index contributed by atoms with van der Waals surface area (Å²) in [6, 6.07) is 1.97. The molecule has 1 heterocycles. The second-order valence-corrected chi connectivity index (χ2v) is 4.92. The van der Waals surface area contributed by atoms with Crippen LogP contribution in [0.1, 0.15) is 57.9 Å². The molecule has 1 aromatic heterocycles. The molecule has 0 radical (unpaired) electrons. The molecule has 0 bridgehead atoms. The van der Waals surface area contributed by atoms with Crippen molar-refractivity contribution in [3.8, 4) is 5.75 Å². The average molecular weight is 264 g/mol. The van der Waals surface area contributed by atoms with Gasteiger partial charge >= 0.3 is 0 Å². The first kappa shape index (κ1) is 16.0. The average Bonchev–Trinajstić information content (AvgIpc) is 2.44. The SMILES string of the molecule is CCCCCCCOc1ccncc1CNCCC. The first-order valence-corrected chi connectivity index (χ1v) is 7.64. The van der Waals surface area contributed by atoms with E-state index in [0.29, 0.717) is 0 Å². The van der Waals surface area contributed by atoms with Crippen molar-refractivity contribution in [3.63, 3.8) is 0 Å². The highest BCUT2D eigenvalue weighted by molar-refractivity contribution is 5.29. The fourth-order valence-corrected chi connectivity index (χ4v) is 1.98. The predicted molar refractivity (Wildman–Crippen MR) is 80.5 cm³/mol. The number of hydrogen-bond acceptors (Lipinski definition) is 3. The molecule has 0 unspecified atom stereocenters. The molecule has 19 heavy (non-hydrogen) atoms. The van der Waals surface area contributed by atoms with E-state index < -0.39 is 0 Å². The zero-order chi connectivity index (χ0) is 13.8. The molecule has 1 aromatic rings. The van der Waals surface area contributed by atoms with Gasteiger partial charge in [0.15, 0.2) is 0 Å². The van der Waals surface area contributed by atoms with Crippen LogP contribution < -0.4 is 10.1 Å². The van der Waals surface area contributed by atoms with E-state index in [2.05, 4.69) is 24.1 Å². The molecule has 0 amide bonds. The zero-order valence-corrected chi connectivity index (χ0v) is 12.5. The van der Waals surface area contributed by atoms with Gasteiger partial charge in [0.2, 0.25) is 0 Å². The Kier molecular flexibility index (Phi) is 9.07. The number of hydrogen-bond donors (Lipinski definition) is 1. The molecular weight excluding hydrogens is 236 g/mol. The summed E-state index contributed by atoms with van der Waals surface area (Å²) in [5.41, 5.74) is 1.16. The van der Waals surface area contributed by atoms with E-state index in [0.717, 1.165) is 43.9 Å². The fourth-order valence-electron chi connectivity index (χ4n) is 1.98. The van der Waals surface area contributed by atoms with E-state index in [9.17, 15) is 0 Å². The summed E-state index contributed by atoms with van der Waals surface area (Å²) < 4.78 is 5.87. The second kappa shape index (κ2) is 10.8. The van der Waals surface area contributed by atoms with Crippen LogP contribution in [0, 0.1) is 0 Å². The molecule has 0 aromatic carbocycles. The summed E-state index contributed by atoms with van der Waals surface area (Å²) in [4.78, 5) is 4.17. The quantitative estimate of drug-likeness (QED) is 0.615. The summed E-state index contributed by atoms with van der Waals surface area (Å²) >= 11 is 0. The Balaban J connectivity index is 2.27. The molecular formula is C16H28N2O. The lowest BCUT2D eigenvalue weighted by Gasteiger charge is -2.11. The summed E-state index contributed by atoms with van der Waals surface area (Å²) in [6.07, 6.45) is 11.2. The van der Waals surface area contributed by atoms with Crippen molar-refractivity contribution in [2.45, 2.75) is 58.9 Å². The fraction of sp³-hybridized carbons (Fsp3) is 0.688. The number of nitrogens with one attached hydrogen (secondary N) is 1. The van der Waals surface area contributed by atoms with Crippen molar-refractivity contribution in [2.24, 2.45) is 0 Å². The van der Waals surface area contributed by atoms with Crippen molar-refractivity contribution in [3.05, 3.63) is 24.0 Å². The van der Waals surface area contributed by atoms with Crippen LogP contribution in [-0.2, 0) is 6.54 Å². The van der Waals surface area contributed by atoms with Gasteiger partial charge in [-0.3, -0.25) is 4.98 Å². The maximum absolute atomic E-state index is 5.87. The molecule has 0 spiro atoms. The molecule has 1 N–H and O–H groups in total. The first-order chi connectivity index (χ1) is 9.38. The normalized spacial score (nSPS) is 10.6. The smallest absolute Gasteiger partial charge is 0.126 e. The van der Waals surface area contributed by atoms with Gasteiger partial charge in [-0.25, -0.2) is 0 Å². The number of nitrogens with zero attached hydrogens (tertiary/aromatic N) is 1. The summed E-state index contributed by atoms with van der Waals surface area (Å²) in [5.74, 6) is 0.981. The highest BCUT2D eigenvalue weighted by atomic mass is 16.5. The summed E-state index contributed by atoms with van der Waals surface area (Å²) in [5, 5.41) is 3.39. The van der Waals surface area contributed by atoms with Gasteiger partial charge in [-0.2, -0.15) is 0 Å². The maximum Gasteiger partial charge on any atom is 0.126 e. The molecule has 0 fully saturated rings. The third-order valence-electron chi connectivity index (χ3n) is 3.11. The minimum atomic E-state index is 0.814. The van der Waals surface area contributed by atoms with Crippen molar-refractivity contribution in [1.29, 1.82) is 0 Å². The van der Waals surface area contributed by atoms with Gasteiger partial charge in [0.1, 0.15) is 5.75 Å². The highest BCUT2D eigenvalue weighted by Crippen LogP contribution is 2.17. The van der Waals surface area contributed by atoms with Crippen LogP contribution in [-0.4, -0.2) is 18.1 Å². The molecule has 3 heteroatoms. The molecule has 0 aliphatic carbocycles. The van der Waals surface area contributed by atoms with Gasteiger partial charge < -0.3 is 10.1 Å². The molecule has 3 nitrogen and oxygen atoms in total.